The molecule has 1 N–H and O–H groups in total. The van der Waals surface area contributed by atoms with E-state index in [0.717, 1.165) is 38.1 Å². The highest BCUT2D eigenvalue weighted by Gasteiger charge is 2.43. The minimum atomic E-state index is -1.52. The topological polar surface area (TPSA) is 216 Å². The first-order chi connectivity index (χ1) is 36.2. The molecule has 422 valence electrons. The number of aromatic nitrogens is 2. The zero-order chi connectivity index (χ0) is 57.0. The van der Waals surface area contributed by atoms with Crippen molar-refractivity contribution < 1.29 is 57.3 Å². The van der Waals surface area contributed by atoms with Gasteiger partial charge < -0.3 is 43.9 Å². The van der Waals surface area contributed by atoms with Crippen LogP contribution < -0.4 is 5.32 Å². The zero-order valence-electron chi connectivity index (χ0n) is 47.6. The second kappa shape index (κ2) is 27.6. The fourth-order valence-corrected chi connectivity index (χ4v) is 9.69. The monoisotopic (exact) mass is 1070 g/mol. The standard InChI is InChI=1S/C58H83N7O12/c1-34(2)24-45-55(70)74-39(10)52(67)62(12)48(27-37(7)8)58(73)77-50(29-41-20-22-42(23-21-41)32-65-33-43-30-59-31-44(43)60-65)54(69)64(14)46(25-35(3)4)56(71)75-38(9)51(66)61(11)47(26-36(5)6)57(72)76-49(53(68)63(45)13)28-40-18-16-15-17-19-40/h15-23,33-39,45-50,59H,24-32H2,1-14H3/t38-,39-,45+,46+,47+,48+,49-,50-/m1/s1. The van der Waals surface area contributed by atoms with E-state index in [2.05, 4.69) is 10.4 Å². The molecule has 0 radical (unpaired) electrons. The van der Waals surface area contributed by atoms with Gasteiger partial charge in [0.05, 0.1) is 12.2 Å². The van der Waals surface area contributed by atoms with Crippen LogP contribution in [0.15, 0.2) is 60.8 Å². The lowest BCUT2D eigenvalue weighted by atomic mass is 9.99. The number of amides is 4. The SMILES string of the molecule is CC(C)C[C@H]1C(=O)O[C@H](Cc2ccc(Cn3cc4c(n3)CNC4)cc2)C(=O)N(C)[C@@H](CC(C)C)C(=O)O[C@H](C)C(=O)N(C)[C@@H](CC(C)C)C(=O)O[C@H](Cc2ccccc2)C(=O)N(C)[C@@H](CC(C)C)C(=O)O[C@H](C)C(=O)N1C. The summed E-state index contributed by atoms with van der Waals surface area (Å²) in [6, 6.07) is 11.3. The molecule has 2 aliphatic heterocycles. The molecule has 3 aromatic rings. The number of esters is 4. The van der Waals surface area contributed by atoms with E-state index in [-0.39, 0.29) is 62.2 Å². The molecule has 0 unspecified atom stereocenters. The quantitative estimate of drug-likeness (QED) is 0.156. The number of carbonyl (C=O) groups is 8. The van der Waals surface area contributed by atoms with Gasteiger partial charge in [-0.3, -0.25) is 23.9 Å². The second-order valence-electron chi connectivity index (χ2n) is 22.5. The number of nitrogens with zero attached hydrogens (tertiary/aromatic N) is 6. The van der Waals surface area contributed by atoms with E-state index in [4.69, 9.17) is 18.9 Å². The third kappa shape index (κ3) is 16.7. The molecule has 5 rings (SSSR count). The number of hydrogen-bond donors (Lipinski definition) is 1. The number of nitrogens with one attached hydrogen (secondary N) is 1. The van der Waals surface area contributed by atoms with Crippen LogP contribution in [-0.2, 0) is 89.8 Å². The summed E-state index contributed by atoms with van der Waals surface area (Å²) in [5.41, 5.74) is 4.35. The molecule has 0 aliphatic carbocycles. The van der Waals surface area contributed by atoms with E-state index in [1.807, 2.05) is 90.5 Å². The van der Waals surface area contributed by atoms with Gasteiger partial charge in [0, 0.05) is 65.9 Å². The number of cyclic esters (lactones) is 4. The highest BCUT2D eigenvalue weighted by molar-refractivity contribution is 5.94. The summed E-state index contributed by atoms with van der Waals surface area (Å²) in [6.07, 6.45) is -3.75. The van der Waals surface area contributed by atoms with Gasteiger partial charge in [-0.1, -0.05) is 110 Å². The number of rotatable bonds is 14. The number of ether oxygens (including phenoxy) is 4. The summed E-state index contributed by atoms with van der Waals surface area (Å²) < 4.78 is 25.9. The first-order valence-electron chi connectivity index (χ1n) is 27.0. The minimum absolute atomic E-state index is 0.0879. The van der Waals surface area contributed by atoms with Crippen LogP contribution in [0.2, 0.25) is 0 Å². The molecule has 2 aromatic carbocycles. The van der Waals surface area contributed by atoms with Gasteiger partial charge in [-0.05, 0) is 79.9 Å². The first-order valence-corrected chi connectivity index (χ1v) is 27.0. The lowest BCUT2D eigenvalue weighted by Gasteiger charge is -2.35. The molecule has 3 heterocycles. The summed E-state index contributed by atoms with van der Waals surface area (Å²) in [4.78, 5) is 121. The van der Waals surface area contributed by atoms with Crippen molar-refractivity contribution in [2.24, 2.45) is 23.7 Å². The molecule has 77 heavy (non-hydrogen) atoms. The average molecular weight is 1070 g/mol. The minimum Gasteiger partial charge on any atom is -0.451 e. The first kappa shape index (κ1) is 61.2. The molecular formula is C58H83N7O12. The Morgan fingerprint density at radius 2 is 0.831 bits per heavy atom. The molecule has 4 amide bonds. The lowest BCUT2D eigenvalue weighted by Crippen LogP contribution is -2.55. The fourth-order valence-electron chi connectivity index (χ4n) is 9.69. The lowest BCUT2D eigenvalue weighted by molar-refractivity contribution is -0.176. The van der Waals surface area contributed by atoms with Crippen molar-refractivity contribution >= 4 is 47.5 Å². The maximum atomic E-state index is 15.0. The number of likely N-dealkylation sites (N-methyl/N-ethyl adjacent to an activating group) is 4. The van der Waals surface area contributed by atoms with E-state index in [1.165, 1.54) is 46.9 Å². The molecule has 1 saturated heterocycles. The Labute approximate surface area is 454 Å². The van der Waals surface area contributed by atoms with Gasteiger partial charge in [0.25, 0.3) is 23.6 Å². The highest BCUT2D eigenvalue weighted by atomic mass is 16.6. The van der Waals surface area contributed by atoms with Crippen molar-refractivity contribution in [3.05, 3.63) is 88.7 Å². The van der Waals surface area contributed by atoms with E-state index in [9.17, 15) is 38.4 Å². The molecule has 1 fully saturated rings. The Bertz CT molecular complexity index is 2490. The molecule has 0 spiro atoms. The smallest absolute Gasteiger partial charge is 0.329 e. The number of carbonyl (C=O) groups excluding carboxylic acids is 8. The van der Waals surface area contributed by atoms with Gasteiger partial charge >= 0.3 is 23.9 Å². The van der Waals surface area contributed by atoms with Crippen molar-refractivity contribution in [2.75, 3.05) is 28.2 Å². The van der Waals surface area contributed by atoms with Crippen LogP contribution in [0.3, 0.4) is 0 Å². The Hall–Kier alpha value is -6.63. The average Bonchev–Trinajstić information content (AvgIpc) is 3.98. The predicted octanol–water partition coefficient (Wildman–Crippen LogP) is 5.51. The van der Waals surface area contributed by atoms with E-state index in [1.54, 1.807) is 30.3 Å². The predicted molar refractivity (Wildman–Crippen MR) is 287 cm³/mol. The van der Waals surface area contributed by atoms with Crippen molar-refractivity contribution in [3.63, 3.8) is 0 Å². The van der Waals surface area contributed by atoms with Crippen molar-refractivity contribution in [2.45, 2.75) is 176 Å². The third-order valence-corrected chi connectivity index (χ3v) is 14.1. The summed E-state index contributed by atoms with van der Waals surface area (Å²) in [7, 11) is 5.59. The van der Waals surface area contributed by atoms with E-state index >= 15 is 0 Å². The van der Waals surface area contributed by atoms with Gasteiger partial charge in [-0.15, -0.1) is 0 Å². The van der Waals surface area contributed by atoms with Crippen LogP contribution in [0.4, 0.5) is 0 Å². The van der Waals surface area contributed by atoms with E-state index < -0.39 is 96.1 Å². The fraction of sp³-hybridized carbons (Fsp3) is 0.603. The number of hydrogen-bond acceptors (Lipinski definition) is 14. The summed E-state index contributed by atoms with van der Waals surface area (Å²) in [5.74, 6) is -7.26. The molecule has 2 aliphatic rings. The Morgan fingerprint density at radius 1 is 0.481 bits per heavy atom. The van der Waals surface area contributed by atoms with Gasteiger partial charge in [-0.2, -0.15) is 5.10 Å². The van der Waals surface area contributed by atoms with Gasteiger partial charge in [0.15, 0.2) is 24.4 Å². The molecule has 19 heteroatoms. The number of fused-ring (bicyclic) bond motifs is 1. The molecular weight excluding hydrogens is 987 g/mol. The zero-order valence-corrected chi connectivity index (χ0v) is 47.6. The number of benzene rings is 2. The molecule has 1 aromatic heterocycles. The maximum absolute atomic E-state index is 15.0. The van der Waals surface area contributed by atoms with Crippen LogP contribution in [0.1, 0.15) is 123 Å². The Morgan fingerprint density at radius 3 is 1.21 bits per heavy atom. The van der Waals surface area contributed by atoms with E-state index in [0.29, 0.717) is 24.2 Å². The largest absolute Gasteiger partial charge is 0.451 e. The van der Waals surface area contributed by atoms with Crippen molar-refractivity contribution in [1.82, 2.24) is 34.7 Å². The third-order valence-electron chi connectivity index (χ3n) is 14.1. The molecule has 19 nitrogen and oxygen atoms in total. The normalized spacial score (nSPS) is 24.4. The maximum Gasteiger partial charge on any atom is 0.329 e. The highest BCUT2D eigenvalue weighted by Crippen LogP contribution is 2.25. The van der Waals surface area contributed by atoms with Crippen LogP contribution in [-0.4, -0.2) is 154 Å². The Balaban J connectivity index is 1.58. The van der Waals surface area contributed by atoms with Gasteiger partial charge in [-0.25, -0.2) is 19.2 Å². The summed E-state index contributed by atoms with van der Waals surface area (Å²) in [6.45, 7) is 19.5. The molecule has 8 atom stereocenters. The molecule has 0 bridgehead atoms. The van der Waals surface area contributed by atoms with Crippen LogP contribution in [0.25, 0.3) is 0 Å². The van der Waals surface area contributed by atoms with Crippen LogP contribution in [0, 0.1) is 23.7 Å². The summed E-state index contributed by atoms with van der Waals surface area (Å²) >= 11 is 0. The van der Waals surface area contributed by atoms with Crippen LogP contribution in [0.5, 0.6) is 0 Å². The summed E-state index contributed by atoms with van der Waals surface area (Å²) in [5, 5.41) is 7.96. The molecule has 0 saturated carbocycles. The van der Waals surface area contributed by atoms with Gasteiger partial charge in [0.2, 0.25) is 0 Å². The van der Waals surface area contributed by atoms with Crippen molar-refractivity contribution in [1.29, 1.82) is 0 Å². The van der Waals surface area contributed by atoms with Gasteiger partial charge in [0.1, 0.15) is 24.2 Å². The Kier molecular flexibility index (Phi) is 22.0. The second-order valence-corrected chi connectivity index (χ2v) is 22.5. The van der Waals surface area contributed by atoms with Crippen LogP contribution >= 0.6 is 0 Å². The van der Waals surface area contributed by atoms with Crippen molar-refractivity contribution in [3.8, 4) is 0 Å².